The largest absolute Gasteiger partial charge is 0.449 e. The van der Waals surface area contributed by atoms with Gasteiger partial charge in [0, 0.05) is 35.8 Å². The summed E-state index contributed by atoms with van der Waals surface area (Å²) in [6.45, 7) is 5.91. The van der Waals surface area contributed by atoms with Crippen molar-refractivity contribution in [3.8, 4) is 5.82 Å². The zero-order chi connectivity index (χ0) is 24.9. The molecule has 0 fully saturated rings. The molecule has 3 rings (SSSR count). The van der Waals surface area contributed by atoms with Gasteiger partial charge in [0.15, 0.2) is 0 Å². The standard InChI is InChI=1S/C22H30ClN5O5S/c1-15(2)32-13-10-24-34(30,31)26-22(29)33-12-5-6-19-16(3)25-27(4)21(19)28-11-9-17-14-18(23)7-8-20(17)28/h7-9,11,14-15,24H,5-6,10,12-13H2,1-4H3,(H,26,29). The number of carbonyl (C=O) groups is 1. The zero-order valence-corrected chi connectivity index (χ0v) is 21.2. The summed E-state index contributed by atoms with van der Waals surface area (Å²) in [7, 11) is -2.14. The van der Waals surface area contributed by atoms with Crippen molar-refractivity contribution in [2.75, 3.05) is 19.8 Å². The summed E-state index contributed by atoms with van der Waals surface area (Å²) in [5.74, 6) is 0.912. The van der Waals surface area contributed by atoms with Gasteiger partial charge in [-0.3, -0.25) is 4.68 Å². The molecule has 2 heterocycles. The molecule has 0 atom stereocenters. The van der Waals surface area contributed by atoms with E-state index in [2.05, 4.69) is 14.4 Å². The number of fused-ring (bicyclic) bond motifs is 1. The fourth-order valence-corrected chi connectivity index (χ4v) is 4.52. The Kier molecular flexibility index (Phi) is 8.58. The summed E-state index contributed by atoms with van der Waals surface area (Å²) in [6.07, 6.45) is 2.00. The van der Waals surface area contributed by atoms with Gasteiger partial charge in [-0.15, -0.1) is 0 Å². The van der Waals surface area contributed by atoms with Gasteiger partial charge in [-0.1, -0.05) is 11.6 Å². The van der Waals surface area contributed by atoms with E-state index in [4.69, 9.17) is 21.1 Å². The number of amides is 1. The third kappa shape index (κ3) is 6.72. The Morgan fingerprint density at radius 2 is 2.00 bits per heavy atom. The molecular weight excluding hydrogens is 482 g/mol. The maximum atomic E-state index is 11.9. The van der Waals surface area contributed by atoms with Crippen LogP contribution in [0.2, 0.25) is 5.02 Å². The van der Waals surface area contributed by atoms with Crippen molar-refractivity contribution >= 4 is 38.8 Å². The van der Waals surface area contributed by atoms with Gasteiger partial charge in [-0.25, -0.2) is 9.52 Å². The predicted molar refractivity (Wildman–Crippen MR) is 131 cm³/mol. The SMILES string of the molecule is Cc1nn(C)c(-n2ccc3cc(Cl)ccc32)c1CCCOC(=O)NS(=O)(=O)NCCOC(C)C. The molecule has 0 aliphatic rings. The smallest absolute Gasteiger partial charge is 0.421 e. The average molecular weight is 512 g/mol. The van der Waals surface area contributed by atoms with Crippen LogP contribution in [0, 0.1) is 6.92 Å². The Balaban J connectivity index is 1.56. The van der Waals surface area contributed by atoms with Crippen molar-refractivity contribution in [3.63, 3.8) is 0 Å². The van der Waals surface area contributed by atoms with Gasteiger partial charge in [-0.2, -0.15) is 18.2 Å². The van der Waals surface area contributed by atoms with Crippen LogP contribution in [-0.2, 0) is 33.2 Å². The number of hydrogen-bond donors (Lipinski definition) is 2. The molecule has 10 nitrogen and oxygen atoms in total. The third-order valence-electron chi connectivity index (χ3n) is 5.06. The second kappa shape index (κ2) is 11.2. The van der Waals surface area contributed by atoms with Crippen molar-refractivity contribution in [1.82, 2.24) is 23.8 Å². The van der Waals surface area contributed by atoms with Crippen LogP contribution in [0.4, 0.5) is 4.79 Å². The summed E-state index contributed by atoms with van der Waals surface area (Å²) in [5, 5.41) is 6.24. The quantitative estimate of drug-likeness (QED) is 0.382. The van der Waals surface area contributed by atoms with Gasteiger partial charge in [0.05, 0.1) is 30.5 Å². The molecule has 0 radical (unpaired) electrons. The Morgan fingerprint density at radius 1 is 1.24 bits per heavy atom. The lowest BCUT2D eigenvalue weighted by molar-refractivity contribution is 0.0833. The zero-order valence-electron chi connectivity index (χ0n) is 19.7. The molecule has 0 aliphatic carbocycles. The average Bonchev–Trinajstić information content (AvgIpc) is 3.27. The molecule has 34 heavy (non-hydrogen) atoms. The van der Waals surface area contributed by atoms with E-state index in [9.17, 15) is 13.2 Å². The molecule has 0 aliphatic heterocycles. The Morgan fingerprint density at radius 3 is 2.74 bits per heavy atom. The molecule has 12 heteroatoms. The Labute approximate surface area is 204 Å². The molecule has 1 amide bonds. The van der Waals surface area contributed by atoms with Crippen LogP contribution in [-0.4, -0.2) is 54.7 Å². The number of halogens is 1. The highest BCUT2D eigenvalue weighted by atomic mass is 35.5. The first kappa shape index (κ1) is 26.0. The molecule has 186 valence electrons. The molecule has 0 saturated heterocycles. The maximum Gasteiger partial charge on any atom is 0.421 e. The predicted octanol–water partition coefficient (Wildman–Crippen LogP) is 3.24. The highest BCUT2D eigenvalue weighted by molar-refractivity contribution is 7.88. The molecule has 0 saturated carbocycles. The van der Waals surface area contributed by atoms with Gasteiger partial charge in [0.1, 0.15) is 5.82 Å². The lowest BCUT2D eigenvalue weighted by Gasteiger charge is -2.11. The molecule has 0 bridgehead atoms. The van der Waals surface area contributed by atoms with Gasteiger partial charge < -0.3 is 14.0 Å². The van der Waals surface area contributed by atoms with E-state index in [0.29, 0.717) is 17.9 Å². The lowest BCUT2D eigenvalue weighted by Crippen LogP contribution is -2.42. The van der Waals surface area contributed by atoms with Crippen LogP contribution in [0.1, 0.15) is 31.5 Å². The minimum Gasteiger partial charge on any atom is -0.449 e. The molecule has 2 N–H and O–H groups in total. The first-order chi connectivity index (χ1) is 16.1. The van der Waals surface area contributed by atoms with E-state index >= 15 is 0 Å². The minimum atomic E-state index is -4.01. The molecule has 0 spiro atoms. The molecular formula is C22H30ClN5O5S. The molecule has 3 aromatic rings. The van der Waals surface area contributed by atoms with Crippen molar-refractivity contribution in [3.05, 3.63) is 46.7 Å². The second-order valence-electron chi connectivity index (χ2n) is 8.06. The van der Waals surface area contributed by atoms with Gasteiger partial charge in [0.2, 0.25) is 0 Å². The molecule has 1 aromatic carbocycles. The summed E-state index contributed by atoms with van der Waals surface area (Å²) in [4.78, 5) is 11.9. The topological polar surface area (TPSA) is 116 Å². The van der Waals surface area contributed by atoms with Crippen LogP contribution < -0.4 is 9.44 Å². The number of hydrogen-bond acceptors (Lipinski definition) is 6. The molecule has 2 aromatic heterocycles. The Bertz CT molecular complexity index is 1250. The number of nitrogens with zero attached hydrogens (tertiary/aromatic N) is 3. The maximum absolute atomic E-state index is 11.9. The van der Waals surface area contributed by atoms with Crippen LogP contribution >= 0.6 is 11.6 Å². The summed E-state index contributed by atoms with van der Waals surface area (Å²) in [5.41, 5.74) is 2.88. The number of carbonyl (C=O) groups excluding carboxylic acids is 1. The van der Waals surface area contributed by atoms with Crippen molar-refractivity contribution in [2.24, 2.45) is 7.05 Å². The fourth-order valence-electron chi connectivity index (χ4n) is 3.64. The first-order valence-corrected chi connectivity index (χ1v) is 12.8. The number of benzene rings is 1. The van der Waals surface area contributed by atoms with Crippen LogP contribution in [0.25, 0.3) is 16.7 Å². The lowest BCUT2D eigenvalue weighted by atomic mass is 10.1. The first-order valence-electron chi connectivity index (χ1n) is 10.9. The van der Waals surface area contributed by atoms with Gasteiger partial charge >= 0.3 is 16.3 Å². The second-order valence-corrected chi connectivity index (χ2v) is 10.00. The van der Waals surface area contributed by atoms with E-state index in [0.717, 1.165) is 28.0 Å². The third-order valence-corrected chi connectivity index (χ3v) is 6.32. The van der Waals surface area contributed by atoms with Crippen molar-refractivity contribution in [1.29, 1.82) is 0 Å². The van der Waals surface area contributed by atoms with Crippen molar-refractivity contribution in [2.45, 2.75) is 39.7 Å². The number of nitrogens with one attached hydrogen (secondary N) is 2. The number of ether oxygens (including phenoxy) is 2. The number of aryl methyl sites for hydroxylation is 2. The number of aromatic nitrogens is 3. The summed E-state index contributed by atoms with van der Waals surface area (Å²) >= 11 is 6.11. The van der Waals surface area contributed by atoms with Crippen LogP contribution in [0.3, 0.4) is 0 Å². The van der Waals surface area contributed by atoms with Crippen LogP contribution in [0.15, 0.2) is 30.5 Å². The van der Waals surface area contributed by atoms with Crippen LogP contribution in [0.5, 0.6) is 0 Å². The molecule has 0 unspecified atom stereocenters. The minimum absolute atomic E-state index is 0.0128. The van der Waals surface area contributed by atoms with Gasteiger partial charge in [0.25, 0.3) is 0 Å². The normalized spacial score (nSPS) is 11.9. The highest BCUT2D eigenvalue weighted by Crippen LogP contribution is 2.27. The van der Waals surface area contributed by atoms with Gasteiger partial charge in [-0.05, 0) is 57.9 Å². The van der Waals surface area contributed by atoms with E-state index in [1.165, 1.54) is 0 Å². The van der Waals surface area contributed by atoms with E-state index < -0.39 is 16.3 Å². The fraction of sp³-hybridized carbons (Fsp3) is 0.455. The van der Waals surface area contributed by atoms with E-state index in [1.54, 1.807) is 0 Å². The summed E-state index contributed by atoms with van der Waals surface area (Å²) in [6, 6.07) is 7.70. The highest BCUT2D eigenvalue weighted by Gasteiger charge is 2.18. The number of rotatable bonds is 11. The van der Waals surface area contributed by atoms with E-state index in [1.807, 2.05) is 67.7 Å². The monoisotopic (exact) mass is 511 g/mol. The van der Waals surface area contributed by atoms with E-state index in [-0.39, 0.29) is 25.9 Å². The summed E-state index contributed by atoms with van der Waals surface area (Å²) < 4.78 is 42.0. The van der Waals surface area contributed by atoms with Crippen molar-refractivity contribution < 1.29 is 22.7 Å². The Hall–Kier alpha value is -2.60.